The molecule has 100 valence electrons. The molecular formula is C13H15N3O2S. The largest absolute Gasteiger partial charge is 0.397 e. The van der Waals surface area contributed by atoms with Gasteiger partial charge in [-0.25, -0.2) is 0 Å². The molecule has 6 heteroatoms. The highest BCUT2D eigenvalue weighted by molar-refractivity contribution is 7.21. The van der Waals surface area contributed by atoms with E-state index in [0.29, 0.717) is 10.6 Å². The molecule has 2 amide bonds. The van der Waals surface area contributed by atoms with E-state index < -0.39 is 6.04 Å². The van der Waals surface area contributed by atoms with Crippen LogP contribution in [0.5, 0.6) is 0 Å². The number of carbonyl (C=O) groups is 2. The maximum Gasteiger partial charge on any atom is 0.264 e. The Bertz CT molecular complexity index is 636. The van der Waals surface area contributed by atoms with Crippen LogP contribution in [0.25, 0.3) is 10.1 Å². The lowest BCUT2D eigenvalue weighted by molar-refractivity contribution is -0.122. The van der Waals surface area contributed by atoms with Crippen molar-refractivity contribution in [3.63, 3.8) is 0 Å². The van der Waals surface area contributed by atoms with Gasteiger partial charge in [0.05, 0.1) is 5.69 Å². The minimum Gasteiger partial charge on any atom is -0.397 e. The zero-order valence-corrected chi connectivity index (χ0v) is 11.5. The Hall–Kier alpha value is -2.08. The third kappa shape index (κ3) is 2.53. The first-order valence-corrected chi connectivity index (χ1v) is 6.65. The van der Waals surface area contributed by atoms with E-state index in [0.717, 1.165) is 10.1 Å². The van der Waals surface area contributed by atoms with Crippen molar-refractivity contribution in [2.75, 3.05) is 12.8 Å². The van der Waals surface area contributed by atoms with Gasteiger partial charge in [0.15, 0.2) is 0 Å². The standard InChI is InChI=1S/C13H15N3O2S/c1-7(12(17)15-2)16-13(18)11-10(14)8-5-3-4-6-9(8)19-11/h3-7H,14H2,1-2H3,(H,15,17)(H,16,18). The van der Waals surface area contributed by atoms with Gasteiger partial charge in [-0.05, 0) is 13.0 Å². The Morgan fingerprint density at radius 3 is 2.63 bits per heavy atom. The van der Waals surface area contributed by atoms with E-state index in [-0.39, 0.29) is 11.8 Å². The van der Waals surface area contributed by atoms with E-state index in [2.05, 4.69) is 10.6 Å². The first-order valence-electron chi connectivity index (χ1n) is 5.84. The van der Waals surface area contributed by atoms with Gasteiger partial charge in [0, 0.05) is 17.1 Å². The van der Waals surface area contributed by atoms with Crippen LogP contribution >= 0.6 is 11.3 Å². The number of benzene rings is 1. The van der Waals surface area contributed by atoms with Crippen LogP contribution in [0.1, 0.15) is 16.6 Å². The van der Waals surface area contributed by atoms with Crippen LogP contribution in [0.3, 0.4) is 0 Å². The predicted molar refractivity (Wildman–Crippen MR) is 77.2 cm³/mol. The van der Waals surface area contributed by atoms with E-state index in [9.17, 15) is 9.59 Å². The average Bonchev–Trinajstić information content (AvgIpc) is 2.75. The number of nitrogens with one attached hydrogen (secondary N) is 2. The van der Waals surface area contributed by atoms with Crippen molar-refractivity contribution >= 4 is 38.9 Å². The van der Waals surface area contributed by atoms with Crippen molar-refractivity contribution in [3.8, 4) is 0 Å². The van der Waals surface area contributed by atoms with E-state index in [1.807, 2.05) is 24.3 Å². The molecule has 4 N–H and O–H groups in total. The number of rotatable bonds is 3. The molecule has 0 saturated heterocycles. The molecule has 0 radical (unpaired) electrons. The number of hydrogen-bond acceptors (Lipinski definition) is 4. The summed E-state index contributed by atoms with van der Waals surface area (Å²) in [5, 5.41) is 5.98. The number of likely N-dealkylation sites (N-methyl/N-ethyl adjacent to an activating group) is 1. The molecule has 0 fully saturated rings. The molecule has 0 bridgehead atoms. The van der Waals surface area contributed by atoms with Gasteiger partial charge >= 0.3 is 0 Å². The van der Waals surface area contributed by atoms with Crippen molar-refractivity contribution < 1.29 is 9.59 Å². The van der Waals surface area contributed by atoms with Crippen molar-refractivity contribution in [3.05, 3.63) is 29.1 Å². The predicted octanol–water partition coefficient (Wildman–Crippen LogP) is 1.35. The van der Waals surface area contributed by atoms with E-state index in [1.165, 1.54) is 18.4 Å². The summed E-state index contributed by atoms with van der Waals surface area (Å²) >= 11 is 1.32. The Balaban J connectivity index is 2.27. The normalized spacial score (nSPS) is 12.1. The Labute approximate surface area is 114 Å². The highest BCUT2D eigenvalue weighted by Gasteiger charge is 2.20. The second-order valence-electron chi connectivity index (χ2n) is 4.15. The summed E-state index contributed by atoms with van der Waals surface area (Å²) in [6.07, 6.45) is 0. The van der Waals surface area contributed by atoms with E-state index in [4.69, 9.17) is 5.73 Å². The molecule has 5 nitrogen and oxygen atoms in total. The first-order chi connectivity index (χ1) is 9.04. The number of carbonyl (C=O) groups excluding carboxylic acids is 2. The van der Waals surface area contributed by atoms with Gasteiger partial charge in [0.2, 0.25) is 5.91 Å². The lowest BCUT2D eigenvalue weighted by Gasteiger charge is -2.11. The molecule has 19 heavy (non-hydrogen) atoms. The van der Waals surface area contributed by atoms with Crippen LogP contribution in [0.15, 0.2) is 24.3 Å². The van der Waals surface area contributed by atoms with Crippen molar-refractivity contribution in [2.24, 2.45) is 0 Å². The van der Waals surface area contributed by atoms with Crippen LogP contribution in [0.2, 0.25) is 0 Å². The highest BCUT2D eigenvalue weighted by atomic mass is 32.1. The molecule has 0 saturated carbocycles. The van der Waals surface area contributed by atoms with Crippen molar-refractivity contribution in [1.29, 1.82) is 0 Å². The summed E-state index contributed by atoms with van der Waals surface area (Å²) in [7, 11) is 1.53. The van der Waals surface area contributed by atoms with Gasteiger partial charge < -0.3 is 16.4 Å². The maximum absolute atomic E-state index is 12.1. The van der Waals surface area contributed by atoms with Gasteiger partial charge in [-0.15, -0.1) is 11.3 Å². The van der Waals surface area contributed by atoms with Gasteiger partial charge in [-0.1, -0.05) is 18.2 Å². The summed E-state index contributed by atoms with van der Waals surface area (Å²) in [6, 6.07) is 6.96. The molecule has 1 unspecified atom stereocenters. The second kappa shape index (κ2) is 5.27. The molecule has 0 aliphatic heterocycles. The molecule has 1 heterocycles. The monoisotopic (exact) mass is 277 g/mol. The van der Waals surface area contributed by atoms with Gasteiger partial charge in [0.1, 0.15) is 10.9 Å². The third-order valence-corrected chi connectivity index (χ3v) is 4.01. The molecule has 1 atom stereocenters. The number of thiophene rings is 1. The molecular weight excluding hydrogens is 262 g/mol. The van der Waals surface area contributed by atoms with Crippen LogP contribution in [-0.2, 0) is 4.79 Å². The van der Waals surface area contributed by atoms with Crippen molar-refractivity contribution in [1.82, 2.24) is 10.6 Å². The lowest BCUT2D eigenvalue weighted by Crippen LogP contribution is -2.43. The Morgan fingerprint density at radius 1 is 1.32 bits per heavy atom. The zero-order chi connectivity index (χ0) is 14.0. The van der Waals surface area contributed by atoms with Crippen LogP contribution in [0, 0.1) is 0 Å². The minimum atomic E-state index is -0.595. The zero-order valence-electron chi connectivity index (χ0n) is 10.7. The minimum absolute atomic E-state index is 0.243. The maximum atomic E-state index is 12.1. The van der Waals surface area contributed by atoms with Gasteiger partial charge in [0.25, 0.3) is 5.91 Å². The molecule has 0 spiro atoms. The fraction of sp³-hybridized carbons (Fsp3) is 0.231. The SMILES string of the molecule is CNC(=O)C(C)NC(=O)c1sc2ccccc2c1N. The molecule has 0 aliphatic rings. The topological polar surface area (TPSA) is 84.2 Å². The second-order valence-corrected chi connectivity index (χ2v) is 5.20. The molecule has 2 aromatic rings. The summed E-state index contributed by atoms with van der Waals surface area (Å²) < 4.78 is 0.956. The number of anilines is 1. The quantitative estimate of drug-likeness (QED) is 0.791. The van der Waals surface area contributed by atoms with Crippen LogP contribution in [-0.4, -0.2) is 24.9 Å². The Kier molecular flexibility index (Phi) is 3.71. The fourth-order valence-electron chi connectivity index (χ4n) is 1.78. The molecule has 2 rings (SSSR count). The molecule has 0 aliphatic carbocycles. The van der Waals surface area contributed by atoms with Gasteiger partial charge in [-0.2, -0.15) is 0 Å². The first kappa shape index (κ1) is 13.4. The number of amides is 2. The summed E-state index contributed by atoms with van der Waals surface area (Å²) in [4.78, 5) is 23.9. The summed E-state index contributed by atoms with van der Waals surface area (Å²) in [5.41, 5.74) is 6.43. The summed E-state index contributed by atoms with van der Waals surface area (Å²) in [5.74, 6) is -0.567. The van der Waals surface area contributed by atoms with Crippen LogP contribution < -0.4 is 16.4 Å². The number of nitrogen functional groups attached to an aromatic ring is 1. The summed E-state index contributed by atoms with van der Waals surface area (Å²) in [6.45, 7) is 1.63. The Morgan fingerprint density at radius 2 is 2.00 bits per heavy atom. The number of nitrogens with two attached hydrogens (primary N) is 1. The smallest absolute Gasteiger partial charge is 0.264 e. The fourth-order valence-corrected chi connectivity index (χ4v) is 2.80. The third-order valence-electron chi connectivity index (χ3n) is 2.83. The number of hydrogen-bond donors (Lipinski definition) is 3. The average molecular weight is 277 g/mol. The van der Waals surface area contributed by atoms with E-state index >= 15 is 0 Å². The lowest BCUT2D eigenvalue weighted by atomic mass is 10.2. The van der Waals surface area contributed by atoms with Crippen molar-refractivity contribution in [2.45, 2.75) is 13.0 Å². The highest BCUT2D eigenvalue weighted by Crippen LogP contribution is 2.33. The number of fused-ring (bicyclic) bond motifs is 1. The van der Waals surface area contributed by atoms with E-state index in [1.54, 1.807) is 6.92 Å². The molecule has 1 aromatic carbocycles. The van der Waals surface area contributed by atoms with Gasteiger partial charge in [-0.3, -0.25) is 9.59 Å². The van der Waals surface area contributed by atoms with Crippen LogP contribution in [0.4, 0.5) is 5.69 Å². The molecule has 1 aromatic heterocycles.